The Balaban J connectivity index is 1.69. The molecule has 5 heteroatoms. The molecule has 24 heavy (non-hydrogen) atoms. The van der Waals surface area contributed by atoms with Gasteiger partial charge < -0.3 is 0 Å². The highest BCUT2D eigenvalue weighted by molar-refractivity contribution is 6.59. The lowest BCUT2D eigenvalue weighted by molar-refractivity contribution is 0.0955. The quantitative estimate of drug-likeness (QED) is 0.724. The number of carbonyl (C=O) groups is 2. The largest absolute Gasteiger partial charge is 0.287 e. The molecule has 0 radical (unpaired) electrons. The molecule has 0 aromatic heterocycles. The van der Waals surface area contributed by atoms with E-state index in [0.717, 1.165) is 16.3 Å². The minimum atomic E-state index is -0.393. The van der Waals surface area contributed by atoms with Crippen molar-refractivity contribution in [1.29, 1.82) is 0 Å². The summed E-state index contributed by atoms with van der Waals surface area (Å²) in [5.41, 5.74) is 4.48. The Morgan fingerprint density at radius 2 is 1.58 bits per heavy atom. The zero-order valence-corrected chi connectivity index (χ0v) is 13.2. The zero-order chi connectivity index (χ0) is 16.7. The number of rotatable bonds is 2. The second-order valence-electron chi connectivity index (χ2n) is 5.45. The number of hydrazone groups is 1. The maximum absolute atomic E-state index is 12.6. The summed E-state index contributed by atoms with van der Waals surface area (Å²) in [6.45, 7) is 0. The summed E-state index contributed by atoms with van der Waals surface area (Å²) in [4.78, 5) is 24.7. The van der Waals surface area contributed by atoms with Crippen LogP contribution in [0.4, 0.5) is 0 Å². The summed E-state index contributed by atoms with van der Waals surface area (Å²) in [5, 5.41) is 6.48. The van der Waals surface area contributed by atoms with Gasteiger partial charge in [0.15, 0.2) is 0 Å². The number of ketones is 1. The van der Waals surface area contributed by atoms with Crippen LogP contribution >= 0.6 is 11.6 Å². The number of hydrogen-bond acceptors (Lipinski definition) is 3. The normalized spacial score (nSPS) is 14.4. The number of carbonyl (C=O) groups excluding carboxylic acids is 2. The van der Waals surface area contributed by atoms with Crippen molar-refractivity contribution in [3.8, 4) is 0 Å². The minimum Gasteiger partial charge on any atom is -0.287 e. The van der Waals surface area contributed by atoms with E-state index < -0.39 is 5.91 Å². The number of hydrogen-bond donors (Lipinski definition) is 1. The molecule has 1 aliphatic rings. The SMILES string of the molecule is O=C(N/N=C1\C(=O)c2cccc3cccc1c23)c1ccc(Cl)cc1. The van der Waals surface area contributed by atoms with E-state index in [1.807, 2.05) is 30.3 Å². The zero-order valence-electron chi connectivity index (χ0n) is 12.4. The molecule has 0 aliphatic heterocycles. The van der Waals surface area contributed by atoms with Crippen LogP contribution in [-0.2, 0) is 0 Å². The molecule has 4 nitrogen and oxygen atoms in total. The van der Waals surface area contributed by atoms with Gasteiger partial charge in [-0.2, -0.15) is 5.10 Å². The number of nitrogens with zero attached hydrogens (tertiary/aromatic N) is 1. The highest BCUT2D eigenvalue weighted by Gasteiger charge is 2.28. The third-order valence-corrected chi connectivity index (χ3v) is 4.25. The highest BCUT2D eigenvalue weighted by atomic mass is 35.5. The van der Waals surface area contributed by atoms with Crippen LogP contribution in [0.15, 0.2) is 65.8 Å². The Kier molecular flexibility index (Phi) is 3.40. The van der Waals surface area contributed by atoms with Gasteiger partial charge in [-0.1, -0.05) is 48.0 Å². The van der Waals surface area contributed by atoms with Crippen molar-refractivity contribution >= 4 is 39.8 Å². The molecule has 0 saturated heterocycles. The first kappa shape index (κ1) is 14.6. The van der Waals surface area contributed by atoms with Crippen LogP contribution in [0, 0.1) is 0 Å². The Labute approximate surface area is 142 Å². The molecular weight excluding hydrogens is 324 g/mol. The fraction of sp³-hybridized carbons (Fsp3) is 0. The van der Waals surface area contributed by atoms with Gasteiger partial charge in [0, 0.05) is 27.1 Å². The molecule has 3 aromatic rings. The number of benzene rings is 3. The topological polar surface area (TPSA) is 58.5 Å². The third-order valence-electron chi connectivity index (χ3n) is 4.00. The van der Waals surface area contributed by atoms with Crippen molar-refractivity contribution < 1.29 is 9.59 Å². The fourth-order valence-corrected chi connectivity index (χ4v) is 2.99. The van der Waals surface area contributed by atoms with E-state index in [9.17, 15) is 9.59 Å². The van der Waals surface area contributed by atoms with Crippen LogP contribution < -0.4 is 5.43 Å². The fourth-order valence-electron chi connectivity index (χ4n) is 2.86. The van der Waals surface area contributed by atoms with E-state index in [4.69, 9.17) is 11.6 Å². The molecule has 0 fully saturated rings. The van der Waals surface area contributed by atoms with Gasteiger partial charge in [-0.25, -0.2) is 5.43 Å². The van der Waals surface area contributed by atoms with E-state index >= 15 is 0 Å². The molecule has 3 aromatic carbocycles. The number of Topliss-reactive ketones (excluding diaryl/α,β-unsaturated/α-hetero) is 1. The van der Waals surface area contributed by atoms with Gasteiger partial charge in [0.1, 0.15) is 5.71 Å². The first-order chi connectivity index (χ1) is 11.6. The second-order valence-corrected chi connectivity index (χ2v) is 5.88. The van der Waals surface area contributed by atoms with Crippen molar-refractivity contribution in [1.82, 2.24) is 5.43 Å². The summed E-state index contributed by atoms with van der Waals surface area (Å²) < 4.78 is 0. The van der Waals surface area contributed by atoms with E-state index in [2.05, 4.69) is 10.5 Å². The van der Waals surface area contributed by atoms with Gasteiger partial charge in [-0.05, 0) is 29.7 Å². The minimum absolute atomic E-state index is 0.182. The van der Waals surface area contributed by atoms with Crippen molar-refractivity contribution in [2.75, 3.05) is 0 Å². The van der Waals surface area contributed by atoms with Gasteiger partial charge in [-0.15, -0.1) is 0 Å². The molecule has 0 bridgehead atoms. The van der Waals surface area contributed by atoms with Crippen LogP contribution in [0.5, 0.6) is 0 Å². The van der Waals surface area contributed by atoms with Gasteiger partial charge in [-0.3, -0.25) is 9.59 Å². The first-order valence-corrected chi connectivity index (χ1v) is 7.73. The maximum atomic E-state index is 12.6. The maximum Gasteiger partial charge on any atom is 0.271 e. The molecule has 0 unspecified atom stereocenters. The van der Waals surface area contributed by atoms with E-state index in [-0.39, 0.29) is 11.5 Å². The Morgan fingerprint density at radius 3 is 2.29 bits per heavy atom. The number of nitrogens with one attached hydrogen (secondary N) is 1. The first-order valence-electron chi connectivity index (χ1n) is 7.35. The summed E-state index contributed by atoms with van der Waals surface area (Å²) in [7, 11) is 0. The predicted molar refractivity (Wildman–Crippen MR) is 93.7 cm³/mol. The number of halogens is 1. The molecule has 4 rings (SSSR count). The van der Waals surface area contributed by atoms with Gasteiger partial charge >= 0.3 is 0 Å². The van der Waals surface area contributed by atoms with Crippen molar-refractivity contribution in [3.63, 3.8) is 0 Å². The Hall–Kier alpha value is -2.98. The van der Waals surface area contributed by atoms with E-state index in [1.165, 1.54) is 0 Å². The van der Waals surface area contributed by atoms with Crippen LogP contribution in [0.3, 0.4) is 0 Å². The highest BCUT2D eigenvalue weighted by Crippen LogP contribution is 2.30. The summed E-state index contributed by atoms with van der Waals surface area (Å²) >= 11 is 5.81. The lowest BCUT2D eigenvalue weighted by atomic mass is 10.1. The lowest BCUT2D eigenvalue weighted by Gasteiger charge is -2.02. The van der Waals surface area contributed by atoms with Crippen molar-refractivity contribution in [2.45, 2.75) is 0 Å². The smallest absolute Gasteiger partial charge is 0.271 e. The molecule has 0 spiro atoms. The molecule has 0 atom stereocenters. The summed E-state index contributed by atoms with van der Waals surface area (Å²) in [6.07, 6.45) is 0. The van der Waals surface area contributed by atoms with Crippen LogP contribution in [0.25, 0.3) is 10.8 Å². The van der Waals surface area contributed by atoms with Crippen LogP contribution in [-0.4, -0.2) is 17.4 Å². The third kappa shape index (κ3) is 2.28. The summed E-state index contributed by atoms with van der Waals surface area (Å²) in [5.74, 6) is -0.576. The van der Waals surface area contributed by atoms with Gasteiger partial charge in [0.25, 0.3) is 5.91 Å². The molecule has 1 amide bonds. The van der Waals surface area contributed by atoms with Gasteiger partial charge in [0.05, 0.1) is 0 Å². The molecule has 1 aliphatic carbocycles. The Bertz CT molecular complexity index is 1020. The van der Waals surface area contributed by atoms with E-state index in [1.54, 1.807) is 30.3 Å². The number of amides is 1. The average molecular weight is 335 g/mol. The van der Waals surface area contributed by atoms with Crippen molar-refractivity contribution in [3.05, 3.63) is 82.4 Å². The van der Waals surface area contributed by atoms with E-state index in [0.29, 0.717) is 16.1 Å². The molecule has 116 valence electrons. The molecule has 0 saturated carbocycles. The van der Waals surface area contributed by atoms with Crippen LogP contribution in [0.2, 0.25) is 5.02 Å². The molecule has 0 heterocycles. The molecular formula is C19H11ClN2O2. The lowest BCUT2D eigenvalue weighted by Crippen LogP contribution is -2.22. The van der Waals surface area contributed by atoms with Gasteiger partial charge in [0.2, 0.25) is 5.78 Å². The average Bonchev–Trinajstić information content (AvgIpc) is 2.88. The van der Waals surface area contributed by atoms with Crippen molar-refractivity contribution in [2.24, 2.45) is 5.10 Å². The summed E-state index contributed by atoms with van der Waals surface area (Å²) in [6, 6.07) is 17.7. The second kappa shape index (κ2) is 5.58. The van der Waals surface area contributed by atoms with Crippen LogP contribution in [0.1, 0.15) is 26.3 Å². The molecule has 1 N–H and O–H groups in total. The predicted octanol–water partition coefficient (Wildman–Crippen LogP) is 3.82. The monoisotopic (exact) mass is 334 g/mol. The Morgan fingerprint density at radius 1 is 0.917 bits per heavy atom. The standard InChI is InChI=1S/C19H11ClN2O2/c20-13-9-7-12(8-10-13)19(24)22-21-17-14-5-1-3-11-4-2-6-15(16(11)14)18(17)23/h1-10H,(H,22,24)/b21-17-.